The zero-order chi connectivity index (χ0) is 12.4. The lowest BCUT2D eigenvalue weighted by molar-refractivity contribution is -0.141. The molecule has 1 amide bonds. The predicted molar refractivity (Wildman–Crippen MR) is 58.8 cm³/mol. The monoisotopic (exact) mass is 236 g/mol. The molecule has 0 spiro atoms. The van der Waals surface area contributed by atoms with Crippen molar-refractivity contribution < 1.29 is 14.7 Å². The van der Waals surface area contributed by atoms with Crippen molar-refractivity contribution in [1.29, 1.82) is 0 Å². The minimum Gasteiger partial charge on any atom is -0.480 e. The quantitative estimate of drug-likeness (QED) is 0.759. The summed E-state index contributed by atoms with van der Waals surface area (Å²) in [4.78, 5) is 37.6. The van der Waals surface area contributed by atoms with E-state index in [4.69, 9.17) is 5.11 Å². The number of carboxylic acids is 1. The third-order valence-electron chi connectivity index (χ3n) is 2.83. The number of nitrogens with one attached hydrogen (secondary N) is 1. The first-order chi connectivity index (χ1) is 8.09. The maximum Gasteiger partial charge on any atom is 0.326 e. The van der Waals surface area contributed by atoms with E-state index in [2.05, 4.69) is 4.98 Å². The Hall–Kier alpha value is -2.11. The second kappa shape index (κ2) is 4.40. The summed E-state index contributed by atoms with van der Waals surface area (Å²) >= 11 is 0. The van der Waals surface area contributed by atoms with Crippen molar-refractivity contribution >= 4 is 11.9 Å². The van der Waals surface area contributed by atoms with Crippen molar-refractivity contribution in [2.45, 2.75) is 18.9 Å². The first-order valence-corrected chi connectivity index (χ1v) is 5.32. The fourth-order valence-electron chi connectivity index (χ4n) is 1.98. The zero-order valence-electron chi connectivity index (χ0n) is 9.05. The van der Waals surface area contributed by atoms with Gasteiger partial charge in [-0.15, -0.1) is 0 Å². The second-order valence-electron chi connectivity index (χ2n) is 3.94. The summed E-state index contributed by atoms with van der Waals surface area (Å²) in [6.45, 7) is 0.439. The molecule has 6 nitrogen and oxygen atoms in total. The van der Waals surface area contributed by atoms with Gasteiger partial charge in [-0.05, 0) is 18.9 Å². The average Bonchev–Trinajstić information content (AvgIpc) is 2.78. The van der Waals surface area contributed by atoms with Gasteiger partial charge in [-0.3, -0.25) is 9.59 Å². The van der Waals surface area contributed by atoms with E-state index < -0.39 is 12.0 Å². The number of pyridine rings is 1. The number of hydrogen-bond acceptors (Lipinski definition) is 3. The van der Waals surface area contributed by atoms with Gasteiger partial charge in [0.05, 0.1) is 5.56 Å². The molecule has 90 valence electrons. The van der Waals surface area contributed by atoms with Crippen LogP contribution in [0, 0.1) is 0 Å². The topological polar surface area (TPSA) is 90.5 Å². The second-order valence-corrected chi connectivity index (χ2v) is 3.94. The molecular formula is C11H12N2O4. The van der Waals surface area contributed by atoms with Crippen LogP contribution in [0.15, 0.2) is 23.1 Å². The predicted octanol–water partition coefficient (Wildman–Crippen LogP) is 0.0641. The molecule has 17 heavy (non-hydrogen) atoms. The Balaban J connectivity index is 2.22. The number of carbonyl (C=O) groups excluding carboxylic acids is 1. The molecule has 1 aliphatic heterocycles. The van der Waals surface area contributed by atoms with E-state index in [-0.39, 0.29) is 11.5 Å². The normalized spacial score (nSPS) is 19.3. The maximum absolute atomic E-state index is 12.0. The molecule has 1 fully saturated rings. The zero-order valence-corrected chi connectivity index (χ0v) is 9.05. The fraction of sp³-hybridized carbons (Fsp3) is 0.364. The Morgan fingerprint density at radius 3 is 2.76 bits per heavy atom. The summed E-state index contributed by atoms with van der Waals surface area (Å²) in [6, 6.07) is 1.90. The molecule has 0 unspecified atom stereocenters. The van der Waals surface area contributed by atoms with Gasteiger partial charge >= 0.3 is 5.97 Å². The largest absolute Gasteiger partial charge is 0.480 e. The van der Waals surface area contributed by atoms with Crippen LogP contribution in [-0.2, 0) is 4.79 Å². The van der Waals surface area contributed by atoms with Gasteiger partial charge in [0, 0.05) is 18.8 Å². The van der Waals surface area contributed by atoms with Gasteiger partial charge in [0.1, 0.15) is 6.04 Å². The van der Waals surface area contributed by atoms with Gasteiger partial charge in [-0.2, -0.15) is 0 Å². The number of hydrogen-bond donors (Lipinski definition) is 2. The van der Waals surface area contributed by atoms with Gasteiger partial charge in [-0.25, -0.2) is 4.79 Å². The number of carbonyl (C=O) groups is 2. The van der Waals surface area contributed by atoms with Gasteiger partial charge in [0.2, 0.25) is 5.56 Å². The van der Waals surface area contributed by atoms with E-state index in [0.29, 0.717) is 24.9 Å². The molecule has 0 bridgehead atoms. The SMILES string of the molecule is O=C(O)[C@H]1CCCN1C(=O)c1ccc(=O)[nH]c1. The molecule has 6 heteroatoms. The number of carboxylic acid groups (broad SMARTS) is 1. The number of aromatic amines is 1. The summed E-state index contributed by atoms with van der Waals surface area (Å²) in [5.74, 6) is -1.34. The number of likely N-dealkylation sites (tertiary alicyclic amines) is 1. The lowest BCUT2D eigenvalue weighted by Gasteiger charge is -2.21. The number of H-pyrrole nitrogens is 1. The molecule has 0 saturated carbocycles. The molecule has 1 aromatic heterocycles. The van der Waals surface area contributed by atoms with Crippen molar-refractivity contribution in [3.63, 3.8) is 0 Å². The van der Waals surface area contributed by atoms with E-state index in [1.807, 2.05) is 0 Å². The fourth-order valence-corrected chi connectivity index (χ4v) is 1.98. The van der Waals surface area contributed by atoms with Gasteiger partial charge in [-0.1, -0.05) is 0 Å². The highest BCUT2D eigenvalue weighted by Crippen LogP contribution is 2.19. The Morgan fingerprint density at radius 2 is 2.18 bits per heavy atom. The van der Waals surface area contributed by atoms with E-state index in [9.17, 15) is 14.4 Å². The molecule has 1 aromatic rings. The van der Waals surface area contributed by atoms with Crippen LogP contribution in [0.25, 0.3) is 0 Å². The highest BCUT2D eigenvalue weighted by molar-refractivity contribution is 5.96. The Labute approximate surface area is 96.9 Å². The lowest BCUT2D eigenvalue weighted by Crippen LogP contribution is -2.40. The lowest BCUT2D eigenvalue weighted by atomic mass is 10.2. The van der Waals surface area contributed by atoms with Crippen LogP contribution in [0.5, 0.6) is 0 Å². The molecule has 2 heterocycles. The Morgan fingerprint density at radius 1 is 1.41 bits per heavy atom. The minimum absolute atomic E-state index is 0.294. The number of nitrogens with zero attached hydrogens (tertiary/aromatic N) is 1. The molecular weight excluding hydrogens is 224 g/mol. The molecule has 1 atom stereocenters. The summed E-state index contributed by atoms with van der Waals surface area (Å²) in [7, 11) is 0. The smallest absolute Gasteiger partial charge is 0.326 e. The first-order valence-electron chi connectivity index (χ1n) is 5.32. The van der Waals surface area contributed by atoms with E-state index >= 15 is 0 Å². The van der Waals surface area contributed by atoms with Crippen molar-refractivity contribution in [3.05, 3.63) is 34.2 Å². The minimum atomic E-state index is -0.986. The first kappa shape index (κ1) is 11.4. The maximum atomic E-state index is 12.0. The van der Waals surface area contributed by atoms with Crippen LogP contribution in [0.1, 0.15) is 23.2 Å². The van der Waals surface area contributed by atoms with Crippen LogP contribution in [0.4, 0.5) is 0 Å². The molecule has 0 radical (unpaired) electrons. The summed E-state index contributed by atoms with van der Waals surface area (Å²) in [5.41, 5.74) is 0.00973. The molecule has 2 N–H and O–H groups in total. The van der Waals surface area contributed by atoms with Crippen LogP contribution in [-0.4, -0.2) is 39.5 Å². The number of amides is 1. The van der Waals surface area contributed by atoms with Crippen molar-refractivity contribution in [2.24, 2.45) is 0 Å². The van der Waals surface area contributed by atoms with Gasteiger partial charge in [0.25, 0.3) is 5.91 Å². The third-order valence-corrected chi connectivity index (χ3v) is 2.83. The molecule has 1 saturated heterocycles. The Bertz CT molecular complexity index is 488. The number of aliphatic carboxylic acids is 1. The summed E-state index contributed by atoms with van der Waals surface area (Å²) in [6.07, 6.45) is 2.47. The van der Waals surface area contributed by atoms with Gasteiger partial charge < -0.3 is 15.0 Å². The average molecular weight is 236 g/mol. The van der Waals surface area contributed by atoms with Crippen molar-refractivity contribution in [2.75, 3.05) is 6.54 Å². The van der Waals surface area contributed by atoms with Crippen molar-refractivity contribution in [1.82, 2.24) is 9.88 Å². The number of aromatic nitrogens is 1. The highest BCUT2D eigenvalue weighted by atomic mass is 16.4. The molecule has 0 aliphatic carbocycles. The summed E-state index contributed by atoms with van der Waals surface area (Å²) < 4.78 is 0. The summed E-state index contributed by atoms with van der Waals surface area (Å²) in [5, 5.41) is 8.97. The van der Waals surface area contributed by atoms with Crippen LogP contribution in [0.2, 0.25) is 0 Å². The third kappa shape index (κ3) is 2.20. The Kier molecular flexibility index (Phi) is 2.95. The van der Waals surface area contributed by atoms with Crippen LogP contribution < -0.4 is 5.56 Å². The van der Waals surface area contributed by atoms with Gasteiger partial charge in [0.15, 0.2) is 0 Å². The number of rotatable bonds is 2. The van der Waals surface area contributed by atoms with Crippen LogP contribution in [0.3, 0.4) is 0 Å². The molecule has 1 aliphatic rings. The van der Waals surface area contributed by atoms with E-state index in [1.165, 1.54) is 23.2 Å². The highest BCUT2D eigenvalue weighted by Gasteiger charge is 2.34. The molecule has 2 rings (SSSR count). The van der Waals surface area contributed by atoms with E-state index in [0.717, 1.165) is 0 Å². The molecule has 0 aromatic carbocycles. The van der Waals surface area contributed by atoms with E-state index in [1.54, 1.807) is 0 Å². The standard InChI is InChI=1S/C11H12N2O4/c14-9-4-3-7(6-12-9)10(15)13-5-1-2-8(13)11(16)17/h3-4,6,8H,1-2,5H2,(H,12,14)(H,16,17)/t8-/m1/s1. The van der Waals surface area contributed by atoms with Crippen LogP contribution >= 0.6 is 0 Å². The van der Waals surface area contributed by atoms with Crippen molar-refractivity contribution in [3.8, 4) is 0 Å².